The number of hydrogen-bond donors (Lipinski definition) is 0. The van der Waals surface area contributed by atoms with Crippen molar-refractivity contribution in [2.45, 2.75) is 142 Å². The van der Waals surface area contributed by atoms with E-state index in [9.17, 15) is 4.79 Å². The summed E-state index contributed by atoms with van der Waals surface area (Å²) in [7, 11) is 0. The Morgan fingerprint density at radius 2 is 0.679 bits per heavy atom. The van der Waals surface area contributed by atoms with Gasteiger partial charge in [-0.05, 0) is 180 Å². The fourth-order valence-corrected chi connectivity index (χ4v) is 10.1. The molecule has 0 atom stereocenters. The second-order valence-corrected chi connectivity index (χ2v) is 21.6. The van der Waals surface area contributed by atoms with Gasteiger partial charge < -0.3 is 63.5 Å². The summed E-state index contributed by atoms with van der Waals surface area (Å²) in [6, 6.07) is 51.0. The molecule has 7 heterocycles. The third kappa shape index (κ3) is 27.2. The first-order valence-electron chi connectivity index (χ1n) is 28.7. The minimum atomic E-state index is 0. The van der Waals surface area contributed by atoms with Gasteiger partial charge in [0.1, 0.15) is 25.9 Å². The number of halogens is 5. The quantitative estimate of drug-likeness (QED) is 0.0576. The average Bonchev–Trinajstić information content (AvgIpc) is 4.42. The molecule has 0 N–H and O–H groups in total. The van der Waals surface area contributed by atoms with E-state index in [1.54, 1.807) is 0 Å². The zero-order valence-electron chi connectivity index (χ0n) is 50.5. The highest BCUT2D eigenvalue weighted by atomic mass is 127. The number of aromatic nitrogens is 4. The number of carbonyl (C=O) groups excluding carboxylic acids is 1. The Kier molecular flexibility index (Phi) is 43.9. The highest BCUT2D eigenvalue weighted by Crippen LogP contribution is 2.23. The van der Waals surface area contributed by atoms with Gasteiger partial charge in [-0.2, -0.15) is 4.57 Å². The van der Waals surface area contributed by atoms with Crippen molar-refractivity contribution in [2.24, 2.45) is 0 Å². The Morgan fingerprint density at radius 1 is 0.417 bits per heavy atom. The molecular formula is C71H100Cl3I2N7O. The van der Waals surface area contributed by atoms with Crippen LogP contribution in [0.25, 0.3) is 24.3 Å². The molecule has 3 saturated heterocycles. The number of benzene rings is 3. The summed E-state index contributed by atoms with van der Waals surface area (Å²) in [5.74, 6) is 0. The van der Waals surface area contributed by atoms with Crippen molar-refractivity contribution in [2.75, 3.05) is 58.4 Å². The van der Waals surface area contributed by atoms with Gasteiger partial charge in [0.2, 0.25) is 11.4 Å². The van der Waals surface area contributed by atoms with Crippen molar-refractivity contribution >= 4 is 82.7 Å². The van der Waals surface area contributed by atoms with Gasteiger partial charge in [0.15, 0.2) is 22.8 Å². The molecule has 13 heteroatoms. The predicted molar refractivity (Wildman–Crippen MR) is 362 cm³/mol. The van der Waals surface area contributed by atoms with Crippen LogP contribution < -0.4 is 77.2 Å². The maximum Gasteiger partial charge on any atom is 0.205 e. The number of alkyl halides is 1. The van der Waals surface area contributed by atoms with Crippen LogP contribution in [0.1, 0.15) is 148 Å². The van der Waals surface area contributed by atoms with E-state index in [1.165, 1.54) is 131 Å². The number of aryl methyl sites for hydroxylation is 6. The molecule has 3 fully saturated rings. The summed E-state index contributed by atoms with van der Waals surface area (Å²) in [5.41, 5.74) is 17.1. The van der Waals surface area contributed by atoms with E-state index in [0.29, 0.717) is 0 Å². The second-order valence-electron chi connectivity index (χ2n) is 20.1. The van der Waals surface area contributed by atoms with Crippen molar-refractivity contribution in [3.05, 3.63) is 208 Å². The Morgan fingerprint density at radius 3 is 0.917 bits per heavy atom. The van der Waals surface area contributed by atoms with Crippen molar-refractivity contribution in [1.29, 1.82) is 0 Å². The number of nitrogens with zero attached hydrogens (tertiary/aromatic N) is 7. The molecule has 0 amide bonds. The molecule has 0 saturated carbocycles. The molecule has 0 radical (unpaired) electrons. The second kappa shape index (κ2) is 45.5. The molecule has 10 rings (SSSR count). The first-order chi connectivity index (χ1) is 37.9. The van der Waals surface area contributed by atoms with Crippen LogP contribution in [-0.2, 0) is 19.6 Å². The van der Waals surface area contributed by atoms with Crippen LogP contribution in [0.15, 0.2) is 146 Å². The molecule has 8 nitrogen and oxygen atoms in total. The summed E-state index contributed by atoms with van der Waals surface area (Å²) in [6.45, 7) is 31.3. The lowest BCUT2D eigenvalue weighted by molar-refractivity contribution is -0.705. The normalized spacial score (nSPS) is 12.6. The molecular weight excluding hydrogens is 1330 g/mol. The highest BCUT2D eigenvalue weighted by Gasteiger charge is 2.15. The molecule has 0 unspecified atom stereocenters. The molecule has 3 aromatic carbocycles. The third-order valence-corrected chi connectivity index (χ3v) is 14.3. The summed E-state index contributed by atoms with van der Waals surface area (Å²) in [6.07, 6.45) is 17.6. The SMILES string of the molecule is C.C.CCI.CC[n+]1c(/C=C/c2ccc(N3CCCC3)cc2)cccc1/C=C/c1ccc(N2CCCC2)cc1.CC[n+]1c(C)cccc1C.CC[n+]1c(C)cccc1C.Cc1cccc(C)n1.Cl.O=Cc1ccc(N2CCCC2)cc1.[Cl-].[Cl-].[I-]. The van der Waals surface area contributed by atoms with E-state index in [1.807, 2.05) is 56.3 Å². The van der Waals surface area contributed by atoms with Crippen molar-refractivity contribution in [3.8, 4) is 0 Å². The molecule has 7 aromatic rings. The zero-order chi connectivity index (χ0) is 56.1. The van der Waals surface area contributed by atoms with E-state index < -0.39 is 0 Å². The van der Waals surface area contributed by atoms with Crippen LogP contribution in [0.4, 0.5) is 17.1 Å². The number of anilines is 3. The summed E-state index contributed by atoms with van der Waals surface area (Å²) >= 11 is 2.29. The standard InChI is InChI=1S/C31H36N3.C11H13NO.2C9H14N.C7H9N.C2H5I.2CH4.3ClH.HI/c1-2-34-30(20-14-26-10-16-28(17-11-26)32-22-3-4-23-32)8-7-9-31(34)21-15-27-12-18-29(19-13-27)33-24-5-6-25-33;13-9-10-3-5-11(6-4-10)12-7-1-2-8-12;2*1-4-10-8(2)6-5-7-9(10)3;1-6-4-3-5-7(2)8-6;1-2-3;;;;;;/h7-21H,2-6,22-25H2,1H3;3-6,9H,1-2,7-8H2;2*5-7H,4H2,1-3H3;3-5H,1-2H3;2H2,1H3;2*1H4;4*1H/q+1;;2*+1;;;;;;;;/p-3. The Bertz CT molecular complexity index is 2720. The maximum atomic E-state index is 10.4. The fourth-order valence-electron chi connectivity index (χ4n) is 10.1. The van der Waals surface area contributed by atoms with Crippen LogP contribution in [0.2, 0.25) is 0 Å². The molecule has 84 heavy (non-hydrogen) atoms. The molecule has 3 aliphatic rings. The summed E-state index contributed by atoms with van der Waals surface area (Å²) < 4.78 is 8.17. The van der Waals surface area contributed by atoms with Crippen molar-refractivity contribution in [1.82, 2.24) is 4.98 Å². The van der Waals surface area contributed by atoms with Gasteiger partial charge >= 0.3 is 0 Å². The zero-order valence-corrected chi connectivity index (χ0v) is 57.2. The van der Waals surface area contributed by atoms with Crippen LogP contribution in [-0.4, -0.2) is 55.0 Å². The monoisotopic (exact) mass is 1430 g/mol. The predicted octanol–water partition coefficient (Wildman–Crippen LogP) is 7.70. The number of pyridine rings is 4. The summed E-state index contributed by atoms with van der Waals surface area (Å²) in [5, 5.41) is 0. The fraction of sp³-hybridized carbons (Fsp3) is 0.394. The third-order valence-electron chi connectivity index (χ3n) is 14.3. The van der Waals surface area contributed by atoms with Gasteiger partial charge in [-0.1, -0.05) is 74.7 Å². The molecule has 3 aliphatic heterocycles. The smallest absolute Gasteiger partial charge is 0.205 e. The highest BCUT2D eigenvalue weighted by molar-refractivity contribution is 14.1. The van der Waals surface area contributed by atoms with E-state index in [0.717, 1.165) is 56.0 Å². The molecule has 4 aromatic heterocycles. The molecule has 0 aliphatic carbocycles. The van der Waals surface area contributed by atoms with Gasteiger partial charge in [0.05, 0.1) is 0 Å². The average molecular weight is 1430 g/mol. The Hall–Kier alpha value is -4.86. The maximum absolute atomic E-state index is 10.4. The number of aldehydes is 1. The minimum absolute atomic E-state index is 0. The summed E-state index contributed by atoms with van der Waals surface area (Å²) in [4.78, 5) is 21.9. The first-order valence-corrected chi connectivity index (χ1v) is 30.2. The van der Waals surface area contributed by atoms with E-state index in [2.05, 4.69) is 239 Å². The van der Waals surface area contributed by atoms with E-state index in [-0.39, 0.29) is 76.1 Å². The minimum Gasteiger partial charge on any atom is -1.00 e. The van der Waals surface area contributed by atoms with Gasteiger partial charge in [-0.25, -0.2) is 9.13 Å². The Balaban J connectivity index is 0. The van der Waals surface area contributed by atoms with E-state index in [4.69, 9.17) is 0 Å². The van der Waals surface area contributed by atoms with Crippen molar-refractivity contribution in [3.63, 3.8) is 0 Å². The first kappa shape index (κ1) is 81.2. The topological polar surface area (TPSA) is 51.3 Å². The van der Waals surface area contributed by atoms with Crippen LogP contribution in [0.5, 0.6) is 0 Å². The molecule has 460 valence electrons. The molecule has 0 bridgehead atoms. The van der Waals surface area contributed by atoms with Crippen LogP contribution in [0.3, 0.4) is 0 Å². The van der Waals surface area contributed by atoms with Gasteiger partial charge in [0, 0.05) is 150 Å². The van der Waals surface area contributed by atoms with Gasteiger partial charge in [-0.15, -0.1) is 12.4 Å². The number of rotatable bonds is 11. The molecule has 0 spiro atoms. The van der Waals surface area contributed by atoms with Gasteiger partial charge in [0.25, 0.3) is 0 Å². The van der Waals surface area contributed by atoms with Crippen LogP contribution >= 0.6 is 35.0 Å². The number of hydrogen-bond acceptors (Lipinski definition) is 5. The Labute approximate surface area is 558 Å². The van der Waals surface area contributed by atoms with Crippen LogP contribution in [0, 0.1) is 41.5 Å². The largest absolute Gasteiger partial charge is 1.00 e. The lowest BCUT2D eigenvalue weighted by Crippen LogP contribution is -3.00. The van der Waals surface area contributed by atoms with Crippen molar-refractivity contribution < 1.29 is 67.3 Å². The van der Waals surface area contributed by atoms with E-state index >= 15 is 0 Å². The lowest BCUT2D eigenvalue weighted by atomic mass is 10.1. The lowest BCUT2D eigenvalue weighted by Gasteiger charge is -2.17. The van der Waals surface area contributed by atoms with Gasteiger partial charge in [-0.3, -0.25) is 9.78 Å². The number of carbonyl (C=O) groups is 1.